The van der Waals surface area contributed by atoms with Crippen LogP contribution in [-0.4, -0.2) is 29.3 Å². The monoisotopic (exact) mass is 270 g/mol. The summed E-state index contributed by atoms with van der Waals surface area (Å²) in [6.45, 7) is 4.04. The number of rotatable bonds is 3. The molecule has 1 unspecified atom stereocenters. The molecule has 1 atom stereocenters. The van der Waals surface area contributed by atoms with Crippen LogP contribution in [0.2, 0.25) is 0 Å². The Morgan fingerprint density at radius 3 is 2.80 bits per heavy atom. The summed E-state index contributed by atoms with van der Waals surface area (Å²) in [7, 11) is 0. The fourth-order valence-electron chi connectivity index (χ4n) is 2.66. The Labute approximate surface area is 117 Å². The van der Waals surface area contributed by atoms with E-state index >= 15 is 0 Å². The van der Waals surface area contributed by atoms with Crippen molar-refractivity contribution in [1.82, 2.24) is 4.90 Å². The SMILES string of the molecule is CC(=O)N(CC1C=c2cc(C)ccc2=NC1=O)C1CC1. The first kappa shape index (κ1) is 13.0. The van der Waals surface area contributed by atoms with Crippen LogP contribution in [0.15, 0.2) is 23.2 Å². The predicted octanol–water partition coefficient (Wildman–Crippen LogP) is 0.562. The highest BCUT2D eigenvalue weighted by Crippen LogP contribution is 2.28. The lowest BCUT2D eigenvalue weighted by Crippen LogP contribution is -2.41. The Hall–Kier alpha value is -1.97. The Morgan fingerprint density at radius 1 is 1.40 bits per heavy atom. The van der Waals surface area contributed by atoms with Crippen LogP contribution in [0, 0.1) is 12.8 Å². The maximum absolute atomic E-state index is 12.1. The lowest BCUT2D eigenvalue weighted by Gasteiger charge is -2.24. The van der Waals surface area contributed by atoms with Crippen LogP contribution >= 0.6 is 0 Å². The number of aryl methyl sites for hydroxylation is 1. The second kappa shape index (κ2) is 4.85. The van der Waals surface area contributed by atoms with Gasteiger partial charge in [-0.25, -0.2) is 4.99 Å². The van der Waals surface area contributed by atoms with E-state index in [4.69, 9.17) is 0 Å². The van der Waals surface area contributed by atoms with Crippen LogP contribution in [0.4, 0.5) is 0 Å². The van der Waals surface area contributed by atoms with E-state index in [0.717, 1.165) is 29.0 Å². The Balaban J connectivity index is 1.91. The molecule has 1 aliphatic heterocycles. The number of amides is 2. The van der Waals surface area contributed by atoms with Gasteiger partial charge in [-0.3, -0.25) is 9.59 Å². The van der Waals surface area contributed by atoms with Crippen molar-refractivity contribution < 1.29 is 9.59 Å². The molecule has 0 bridgehead atoms. The molecule has 104 valence electrons. The van der Waals surface area contributed by atoms with E-state index in [-0.39, 0.29) is 17.7 Å². The van der Waals surface area contributed by atoms with Crippen molar-refractivity contribution in [3.63, 3.8) is 0 Å². The predicted molar refractivity (Wildman–Crippen MR) is 75.3 cm³/mol. The van der Waals surface area contributed by atoms with Gasteiger partial charge in [0.25, 0.3) is 5.91 Å². The van der Waals surface area contributed by atoms with Crippen LogP contribution < -0.4 is 10.6 Å². The van der Waals surface area contributed by atoms with E-state index in [0.29, 0.717) is 12.6 Å². The minimum Gasteiger partial charge on any atom is -0.339 e. The highest BCUT2D eigenvalue weighted by Gasteiger charge is 2.33. The molecule has 4 nitrogen and oxygen atoms in total. The average molecular weight is 270 g/mol. The van der Waals surface area contributed by atoms with Gasteiger partial charge in [-0.15, -0.1) is 0 Å². The molecule has 3 rings (SSSR count). The molecule has 4 heteroatoms. The molecule has 0 aromatic heterocycles. The van der Waals surface area contributed by atoms with Gasteiger partial charge >= 0.3 is 0 Å². The second-order valence-corrected chi connectivity index (χ2v) is 5.69. The summed E-state index contributed by atoms with van der Waals surface area (Å²) in [5, 5.41) is 1.73. The quantitative estimate of drug-likeness (QED) is 0.806. The zero-order valence-corrected chi connectivity index (χ0v) is 11.8. The van der Waals surface area contributed by atoms with Gasteiger partial charge in [-0.2, -0.15) is 0 Å². The molecule has 1 aromatic rings. The Morgan fingerprint density at radius 2 is 2.15 bits per heavy atom. The fourth-order valence-corrected chi connectivity index (χ4v) is 2.66. The molecule has 0 radical (unpaired) electrons. The lowest BCUT2D eigenvalue weighted by molar-refractivity contribution is -0.130. The van der Waals surface area contributed by atoms with Crippen molar-refractivity contribution in [1.29, 1.82) is 0 Å². The zero-order chi connectivity index (χ0) is 14.3. The van der Waals surface area contributed by atoms with Crippen LogP contribution in [-0.2, 0) is 9.59 Å². The van der Waals surface area contributed by atoms with Gasteiger partial charge in [-0.1, -0.05) is 23.8 Å². The third-order valence-electron chi connectivity index (χ3n) is 3.90. The number of carbonyl (C=O) groups is 2. The molecular formula is C16H18N2O2. The van der Waals surface area contributed by atoms with Gasteiger partial charge in [0.15, 0.2) is 0 Å². The molecule has 1 aromatic carbocycles. The standard InChI is InChI=1S/C16H18N2O2/c1-10-3-6-15-12(7-10)8-13(16(20)17-15)9-18(11(2)19)14-4-5-14/h3,6-8,13-14H,4-5,9H2,1-2H3. The minimum atomic E-state index is -0.311. The summed E-state index contributed by atoms with van der Waals surface area (Å²) in [5.74, 6) is -0.411. The lowest BCUT2D eigenvalue weighted by atomic mass is 10.0. The van der Waals surface area contributed by atoms with Gasteiger partial charge in [0, 0.05) is 19.5 Å². The number of nitrogens with zero attached hydrogens (tertiary/aromatic N) is 2. The molecule has 0 N–H and O–H groups in total. The molecule has 0 spiro atoms. The van der Waals surface area contributed by atoms with E-state index in [9.17, 15) is 9.59 Å². The number of hydrogen-bond donors (Lipinski definition) is 0. The topological polar surface area (TPSA) is 49.7 Å². The van der Waals surface area contributed by atoms with Crippen molar-refractivity contribution in [2.45, 2.75) is 32.7 Å². The second-order valence-electron chi connectivity index (χ2n) is 5.69. The van der Waals surface area contributed by atoms with Gasteiger partial charge in [0.2, 0.25) is 5.91 Å². The zero-order valence-electron chi connectivity index (χ0n) is 11.8. The molecule has 1 fully saturated rings. The van der Waals surface area contributed by atoms with Crippen LogP contribution in [0.1, 0.15) is 25.3 Å². The minimum absolute atomic E-state index is 0.0451. The third-order valence-corrected chi connectivity index (χ3v) is 3.90. The normalized spacial score (nSPS) is 20.7. The number of fused-ring (bicyclic) bond motifs is 1. The van der Waals surface area contributed by atoms with E-state index < -0.39 is 0 Å². The first-order valence-corrected chi connectivity index (χ1v) is 7.03. The number of benzene rings is 1. The van der Waals surface area contributed by atoms with Crippen LogP contribution in [0.3, 0.4) is 0 Å². The van der Waals surface area contributed by atoms with E-state index in [1.165, 1.54) is 0 Å². The first-order chi connectivity index (χ1) is 9.54. The fraction of sp³-hybridized carbons (Fsp3) is 0.438. The number of hydrogen-bond acceptors (Lipinski definition) is 2. The molecule has 0 saturated heterocycles. The van der Waals surface area contributed by atoms with Gasteiger partial charge < -0.3 is 4.90 Å². The summed E-state index contributed by atoms with van der Waals surface area (Å²) in [6.07, 6.45) is 4.05. The molecule has 1 heterocycles. The van der Waals surface area contributed by atoms with Crippen LogP contribution in [0.5, 0.6) is 0 Å². The van der Waals surface area contributed by atoms with Crippen molar-refractivity contribution in [2.75, 3.05) is 6.54 Å². The maximum Gasteiger partial charge on any atom is 0.254 e. The van der Waals surface area contributed by atoms with Crippen molar-refractivity contribution in [3.05, 3.63) is 34.3 Å². The molecule has 2 amide bonds. The molecular weight excluding hydrogens is 252 g/mol. The third kappa shape index (κ3) is 2.50. The molecule has 2 aliphatic rings. The van der Waals surface area contributed by atoms with Crippen molar-refractivity contribution in [3.8, 4) is 0 Å². The van der Waals surface area contributed by atoms with Gasteiger partial charge in [0.1, 0.15) is 0 Å². The smallest absolute Gasteiger partial charge is 0.254 e. The summed E-state index contributed by atoms with van der Waals surface area (Å²) < 4.78 is 0. The van der Waals surface area contributed by atoms with E-state index in [1.807, 2.05) is 36.1 Å². The molecule has 20 heavy (non-hydrogen) atoms. The summed E-state index contributed by atoms with van der Waals surface area (Å²) in [5.41, 5.74) is 1.15. The largest absolute Gasteiger partial charge is 0.339 e. The summed E-state index contributed by atoms with van der Waals surface area (Å²) >= 11 is 0. The van der Waals surface area contributed by atoms with Gasteiger partial charge in [0.05, 0.1) is 11.3 Å². The van der Waals surface area contributed by atoms with Crippen molar-refractivity contribution >= 4 is 17.9 Å². The van der Waals surface area contributed by atoms with E-state index in [2.05, 4.69) is 4.99 Å². The highest BCUT2D eigenvalue weighted by atomic mass is 16.2. The molecule has 1 saturated carbocycles. The van der Waals surface area contributed by atoms with Gasteiger partial charge in [-0.05, 0) is 31.1 Å². The first-order valence-electron chi connectivity index (χ1n) is 7.03. The van der Waals surface area contributed by atoms with Crippen molar-refractivity contribution in [2.24, 2.45) is 10.9 Å². The number of carbonyl (C=O) groups excluding carboxylic acids is 2. The average Bonchev–Trinajstić information content (AvgIpc) is 3.20. The molecule has 1 aliphatic carbocycles. The Kier molecular flexibility index (Phi) is 3.16. The van der Waals surface area contributed by atoms with E-state index in [1.54, 1.807) is 6.92 Å². The highest BCUT2D eigenvalue weighted by molar-refractivity contribution is 5.87. The maximum atomic E-state index is 12.1. The summed E-state index contributed by atoms with van der Waals surface area (Å²) in [4.78, 5) is 29.7. The Bertz CT molecular complexity index is 689. The van der Waals surface area contributed by atoms with Crippen LogP contribution in [0.25, 0.3) is 6.08 Å². The summed E-state index contributed by atoms with van der Waals surface area (Å²) in [6, 6.07) is 6.19.